The Bertz CT molecular complexity index is 1210. The quantitative estimate of drug-likeness (QED) is 0.625. The number of piperidine rings is 1. The van der Waals surface area contributed by atoms with E-state index in [0.717, 1.165) is 29.5 Å². The second kappa shape index (κ2) is 8.32. The Hall–Kier alpha value is -2.51. The maximum Gasteiger partial charge on any atom is 0.261 e. The number of benzene rings is 2. The molecule has 2 heterocycles. The van der Waals surface area contributed by atoms with Gasteiger partial charge in [0.25, 0.3) is 5.56 Å². The average Bonchev–Trinajstić information content (AvgIpc) is 2.75. The van der Waals surface area contributed by atoms with E-state index in [4.69, 9.17) is 0 Å². The highest BCUT2D eigenvalue weighted by Crippen LogP contribution is 2.27. The molecule has 1 aliphatic rings. The Morgan fingerprint density at radius 1 is 1.07 bits per heavy atom. The van der Waals surface area contributed by atoms with Crippen LogP contribution in [0, 0.1) is 6.92 Å². The number of hydrogen-bond acceptors (Lipinski definition) is 4. The fourth-order valence-electron chi connectivity index (χ4n) is 4.20. The first-order valence-electron chi connectivity index (χ1n) is 10.5. The first-order chi connectivity index (χ1) is 14.4. The zero-order valence-corrected chi connectivity index (χ0v) is 18.2. The molecule has 4 rings (SSSR count). The van der Waals surface area contributed by atoms with Crippen LogP contribution < -0.4 is 5.56 Å². The molecule has 30 heavy (non-hydrogen) atoms. The third-order valence-corrected chi connectivity index (χ3v) is 7.84. The van der Waals surface area contributed by atoms with E-state index in [2.05, 4.69) is 11.9 Å². The first-order valence-corrected chi connectivity index (χ1v) is 11.9. The molecule has 0 amide bonds. The molecule has 2 aromatic carbocycles. The number of nitrogens with zero attached hydrogens (tertiary/aromatic N) is 3. The van der Waals surface area contributed by atoms with E-state index in [1.54, 1.807) is 29.1 Å². The third-order valence-electron chi connectivity index (χ3n) is 5.93. The first kappa shape index (κ1) is 20.8. The van der Waals surface area contributed by atoms with Crippen molar-refractivity contribution >= 4 is 20.9 Å². The van der Waals surface area contributed by atoms with Crippen molar-refractivity contribution in [2.45, 2.75) is 50.5 Å². The number of fused-ring (bicyclic) bond motifs is 1. The van der Waals surface area contributed by atoms with Gasteiger partial charge in [-0.25, -0.2) is 13.4 Å². The molecule has 7 heteroatoms. The fourth-order valence-corrected chi connectivity index (χ4v) is 5.67. The Morgan fingerprint density at radius 2 is 1.77 bits per heavy atom. The average molecular weight is 426 g/mol. The van der Waals surface area contributed by atoms with Gasteiger partial charge in [0, 0.05) is 19.1 Å². The highest BCUT2D eigenvalue weighted by molar-refractivity contribution is 7.89. The minimum Gasteiger partial charge on any atom is -0.296 e. The number of sulfonamides is 1. The van der Waals surface area contributed by atoms with Crippen molar-refractivity contribution in [2.24, 2.45) is 0 Å². The normalized spacial score (nSPS) is 16.2. The zero-order chi connectivity index (χ0) is 21.3. The van der Waals surface area contributed by atoms with Gasteiger partial charge in [-0.3, -0.25) is 9.36 Å². The topological polar surface area (TPSA) is 72.3 Å². The van der Waals surface area contributed by atoms with Gasteiger partial charge < -0.3 is 0 Å². The monoisotopic (exact) mass is 425 g/mol. The second-order valence-electron chi connectivity index (χ2n) is 7.96. The van der Waals surface area contributed by atoms with Crippen LogP contribution in [0.25, 0.3) is 10.9 Å². The summed E-state index contributed by atoms with van der Waals surface area (Å²) in [5.41, 5.74) is 2.79. The highest BCUT2D eigenvalue weighted by atomic mass is 32.2. The summed E-state index contributed by atoms with van der Waals surface area (Å²) in [5.74, 6) is 0. The van der Waals surface area contributed by atoms with Gasteiger partial charge in [-0.15, -0.1) is 0 Å². The van der Waals surface area contributed by atoms with Gasteiger partial charge in [0.2, 0.25) is 10.0 Å². The number of aromatic nitrogens is 2. The Labute approximate surface area is 177 Å². The van der Waals surface area contributed by atoms with Crippen LogP contribution in [0.4, 0.5) is 0 Å². The SMILES string of the molecule is CCCc1ccc(S(=O)(=O)N2CCC(n3cnc4c(C)cccc4c3=O)CC2)cc1. The predicted molar refractivity (Wildman–Crippen MR) is 118 cm³/mol. The molecule has 1 aromatic heterocycles. The molecule has 158 valence electrons. The number of para-hydroxylation sites is 1. The fraction of sp³-hybridized carbons (Fsp3) is 0.391. The predicted octanol–water partition coefficient (Wildman–Crippen LogP) is 3.68. The van der Waals surface area contributed by atoms with Crippen LogP contribution in [0.15, 0.2) is 58.5 Å². The molecule has 0 spiro atoms. The number of hydrogen-bond donors (Lipinski definition) is 0. The Balaban J connectivity index is 1.52. The van der Waals surface area contributed by atoms with Gasteiger partial charge in [0.05, 0.1) is 22.1 Å². The molecule has 1 fully saturated rings. The van der Waals surface area contributed by atoms with Gasteiger partial charge in [0.15, 0.2) is 0 Å². The molecule has 0 aliphatic carbocycles. The molecule has 1 aliphatic heterocycles. The smallest absolute Gasteiger partial charge is 0.261 e. The van der Waals surface area contributed by atoms with Crippen molar-refractivity contribution in [1.29, 1.82) is 0 Å². The molecule has 3 aromatic rings. The van der Waals surface area contributed by atoms with E-state index in [0.29, 0.717) is 36.2 Å². The van der Waals surface area contributed by atoms with E-state index in [-0.39, 0.29) is 11.6 Å². The highest BCUT2D eigenvalue weighted by Gasteiger charge is 2.30. The van der Waals surface area contributed by atoms with Crippen LogP contribution in [0.1, 0.15) is 43.4 Å². The minimum atomic E-state index is -3.52. The standard InChI is InChI=1S/C23H27N3O3S/c1-3-5-18-8-10-20(11-9-18)30(28,29)25-14-12-19(13-15-25)26-16-24-22-17(2)6-4-7-21(22)23(26)27/h4,6-11,16,19H,3,5,12-15H2,1-2H3. The Morgan fingerprint density at radius 3 is 2.43 bits per heavy atom. The van der Waals surface area contributed by atoms with Crippen LogP contribution in [-0.2, 0) is 16.4 Å². The van der Waals surface area contributed by atoms with Crippen LogP contribution in [0.3, 0.4) is 0 Å². The van der Waals surface area contributed by atoms with E-state index >= 15 is 0 Å². The summed E-state index contributed by atoms with van der Waals surface area (Å²) in [6.07, 6.45) is 4.76. The van der Waals surface area contributed by atoms with E-state index in [9.17, 15) is 13.2 Å². The molecule has 0 atom stereocenters. The summed E-state index contributed by atoms with van der Waals surface area (Å²) in [5, 5.41) is 0.611. The maximum atomic E-state index is 13.0. The molecule has 1 saturated heterocycles. The van der Waals surface area contributed by atoms with Crippen molar-refractivity contribution in [1.82, 2.24) is 13.9 Å². The van der Waals surface area contributed by atoms with Crippen molar-refractivity contribution in [3.8, 4) is 0 Å². The second-order valence-corrected chi connectivity index (χ2v) is 9.90. The zero-order valence-electron chi connectivity index (χ0n) is 17.4. The molecule has 0 saturated carbocycles. The van der Waals surface area contributed by atoms with Gasteiger partial charge in [-0.2, -0.15) is 4.31 Å². The number of rotatable bonds is 5. The van der Waals surface area contributed by atoms with Gasteiger partial charge in [-0.1, -0.05) is 37.6 Å². The summed E-state index contributed by atoms with van der Waals surface area (Å²) in [6, 6.07) is 12.8. The molecule has 0 N–H and O–H groups in total. The summed E-state index contributed by atoms with van der Waals surface area (Å²) in [7, 11) is -3.52. The van der Waals surface area contributed by atoms with E-state index in [1.807, 2.05) is 31.2 Å². The molecule has 0 radical (unpaired) electrons. The Kier molecular flexibility index (Phi) is 5.75. The third kappa shape index (κ3) is 3.79. The van der Waals surface area contributed by atoms with Gasteiger partial charge >= 0.3 is 0 Å². The largest absolute Gasteiger partial charge is 0.296 e. The lowest BCUT2D eigenvalue weighted by Crippen LogP contribution is -2.40. The molecule has 0 bridgehead atoms. The summed E-state index contributed by atoms with van der Waals surface area (Å²) in [6.45, 7) is 4.83. The number of aryl methyl sites for hydroxylation is 2. The summed E-state index contributed by atoms with van der Waals surface area (Å²) >= 11 is 0. The molecule has 6 nitrogen and oxygen atoms in total. The van der Waals surface area contributed by atoms with Crippen LogP contribution in [0.2, 0.25) is 0 Å². The molecular weight excluding hydrogens is 398 g/mol. The van der Waals surface area contributed by atoms with Gasteiger partial charge in [0.1, 0.15) is 0 Å². The van der Waals surface area contributed by atoms with Crippen LogP contribution in [0.5, 0.6) is 0 Å². The maximum absolute atomic E-state index is 13.0. The van der Waals surface area contributed by atoms with Crippen molar-refractivity contribution in [3.05, 3.63) is 70.3 Å². The molecule has 0 unspecified atom stereocenters. The van der Waals surface area contributed by atoms with Crippen molar-refractivity contribution in [3.63, 3.8) is 0 Å². The van der Waals surface area contributed by atoms with Crippen molar-refractivity contribution in [2.75, 3.05) is 13.1 Å². The molecular formula is C23H27N3O3S. The van der Waals surface area contributed by atoms with Crippen molar-refractivity contribution < 1.29 is 8.42 Å². The van der Waals surface area contributed by atoms with Crippen LogP contribution >= 0.6 is 0 Å². The minimum absolute atomic E-state index is 0.0479. The van der Waals surface area contributed by atoms with Crippen LogP contribution in [-0.4, -0.2) is 35.4 Å². The summed E-state index contributed by atoms with van der Waals surface area (Å²) < 4.78 is 29.2. The van der Waals surface area contributed by atoms with Gasteiger partial charge in [-0.05, 0) is 55.5 Å². The lowest BCUT2D eigenvalue weighted by atomic mass is 10.1. The van der Waals surface area contributed by atoms with E-state index in [1.165, 1.54) is 4.31 Å². The lowest BCUT2D eigenvalue weighted by Gasteiger charge is -2.32. The van der Waals surface area contributed by atoms with E-state index < -0.39 is 10.0 Å². The lowest BCUT2D eigenvalue weighted by molar-refractivity contribution is 0.269. The summed E-state index contributed by atoms with van der Waals surface area (Å²) in [4.78, 5) is 17.8.